The maximum absolute atomic E-state index is 11.9. The van der Waals surface area contributed by atoms with Gasteiger partial charge in [-0.3, -0.25) is 4.18 Å². The van der Waals surface area contributed by atoms with Gasteiger partial charge in [-0.05, 0) is 17.7 Å². The topological polar surface area (TPSA) is 52.6 Å². The molecule has 0 spiro atoms. The lowest BCUT2D eigenvalue weighted by Crippen LogP contribution is -2.25. The molecule has 4 nitrogen and oxygen atoms in total. The van der Waals surface area contributed by atoms with Crippen LogP contribution in [0, 0.1) is 0 Å². The second-order valence-electron chi connectivity index (χ2n) is 3.01. The predicted molar refractivity (Wildman–Crippen MR) is 52.8 cm³/mol. The number of hydrogen-bond donors (Lipinski definition) is 0. The zero-order chi connectivity index (χ0) is 13.1. The van der Waals surface area contributed by atoms with E-state index < -0.39 is 22.2 Å². The lowest BCUT2D eigenvalue weighted by molar-refractivity contribution is -0.0547. The molecule has 0 amide bonds. The molecule has 1 aromatic carbocycles. The molecule has 1 aromatic rings. The van der Waals surface area contributed by atoms with Crippen molar-refractivity contribution in [2.24, 2.45) is 0 Å². The molecule has 0 radical (unpaired) electrons. The molecule has 0 N–H and O–H groups in total. The molecule has 0 aliphatic rings. The monoisotopic (exact) mass is 270 g/mol. The number of ether oxygens (including phenoxy) is 1. The van der Waals surface area contributed by atoms with E-state index in [1.807, 2.05) is 0 Å². The van der Waals surface area contributed by atoms with Gasteiger partial charge >= 0.3 is 15.6 Å². The summed E-state index contributed by atoms with van der Waals surface area (Å²) in [7, 11) is -4.11. The lowest BCUT2D eigenvalue weighted by atomic mass is 10.2. The first kappa shape index (κ1) is 13.8. The normalized spacial score (nSPS) is 12.5. The van der Waals surface area contributed by atoms with Gasteiger partial charge in [0.15, 0.2) is 0 Å². The second kappa shape index (κ2) is 4.92. The summed E-state index contributed by atoms with van der Waals surface area (Å²) in [6.07, 6.45) is 0. The minimum absolute atomic E-state index is 0.290. The number of benzene rings is 1. The Bertz CT molecular complexity index is 464. The lowest BCUT2D eigenvalue weighted by Gasteiger charge is -2.08. The molecular formula is C9H9F3O4S. The Balaban J connectivity index is 2.68. The van der Waals surface area contributed by atoms with E-state index in [0.717, 1.165) is 0 Å². The van der Waals surface area contributed by atoms with Gasteiger partial charge in [-0.15, -0.1) is 0 Å². The standard InChI is InChI=1S/C9H9F3O4S/c1-15-8-4-2-7(3-5-8)6-16-17(13,14)9(10,11)12/h2-5H,6H2,1H3. The first-order chi connectivity index (χ1) is 7.76. The zero-order valence-electron chi connectivity index (χ0n) is 8.69. The second-order valence-corrected chi connectivity index (χ2v) is 4.62. The summed E-state index contributed by atoms with van der Waals surface area (Å²) in [6.45, 7) is -0.675. The largest absolute Gasteiger partial charge is 0.523 e. The van der Waals surface area contributed by atoms with Crippen LogP contribution in [-0.2, 0) is 20.9 Å². The maximum Gasteiger partial charge on any atom is 0.523 e. The van der Waals surface area contributed by atoms with E-state index in [2.05, 4.69) is 4.18 Å². The van der Waals surface area contributed by atoms with Crippen LogP contribution in [0.2, 0.25) is 0 Å². The van der Waals surface area contributed by atoms with Crippen molar-refractivity contribution in [3.8, 4) is 5.75 Å². The van der Waals surface area contributed by atoms with Crippen LogP contribution in [0.4, 0.5) is 13.2 Å². The summed E-state index contributed by atoms with van der Waals surface area (Å²) < 4.78 is 65.6. The quantitative estimate of drug-likeness (QED) is 0.620. The molecule has 17 heavy (non-hydrogen) atoms. The molecule has 0 saturated heterocycles. The number of rotatable bonds is 4. The summed E-state index contributed by atoms with van der Waals surface area (Å²) in [5.74, 6) is 0.507. The van der Waals surface area contributed by atoms with Gasteiger partial charge in [-0.25, -0.2) is 0 Å². The molecule has 96 valence electrons. The van der Waals surface area contributed by atoms with Crippen molar-refractivity contribution in [1.29, 1.82) is 0 Å². The fourth-order valence-corrected chi connectivity index (χ4v) is 1.36. The molecule has 0 aliphatic carbocycles. The fraction of sp³-hybridized carbons (Fsp3) is 0.333. The van der Waals surface area contributed by atoms with Crippen molar-refractivity contribution < 1.29 is 30.5 Å². The summed E-state index contributed by atoms with van der Waals surface area (Å²) >= 11 is 0. The van der Waals surface area contributed by atoms with Crippen molar-refractivity contribution in [1.82, 2.24) is 0 Å². The highest BCUT2D eigenvalue weighted by molar-refractivity contribution is 7.87. The molecule has 0 saturated carbocycles. The van der Waals surface area contributed by atoms with Crippen LogP contribution in [0.1, 0.15) is 5.56 Å². The van der Waals surface area contributed by atoms with Crippen molar-refractivity contribution in [3.05, 3.63) is 29.8 Å². The molecule has 0 atom stereocenters. The van der Waals surface area contributed by atoms with E-state index >= 15 is 0 Å². The van der Waals surface area contributed by atoms with Gasteiger partial charge in [0.25, 0.3) is 0 Å². The fourth-order valence-electron chi connectivity index (χ4n) is 0.934. The Labute approximate surface area is 96.1 Å². The molecule has 0 bridgehead atoms. The van der Waals surface area contributed by atoms with Crippen LogP contribution in [-0.4, -0.2) is 21.0 Å². The van der Waals surface area contributed by atoms with E-state index in [1.54, 1.807) is 0 Å². The van der Waals surface area contributed by atoms with Crippen LogP contribution in [0.25, 0.3) is 0 Å². The van der Waals surface area contributed by atoms with Crippen LogP contribution >= 0.6 is 0 Å². The van der Waals surface area contributed by atoms with Gasteiger partial charge in [0.05, 0.1) is 13.7 Å². The molecule has 1 rings (SSSR count). The first-order valence-electron chi connectivity index (χ1n) is 4.35. The third-order valence-electron chi connectivity index (χ3n) is 1.82. The molecule has 0 unspecified atom stereocenters. The first-order valence-corrected chi connectivity index (χ1v) is 5.76. The third kappa shape index (κ3) is 3.60. The van der Waals surface area contributed by atoms with E-state index in [1.165, 1.54) is 31.4 Å². The predicted octanol–water partition coefficient (Wildman–Crippen LogP) is 2.06. The SMILES string of the molecule is COc1ccc(COS(=O)(=O)C(F)(F)F)cc1. The van der Waals surface area contributed by atoms with Gasteiger partial charge in [-0.1, -0.05) is 12.1 Å². The Morgan fingerprint density at radius 3 is 2.12 bits per heavy atom. The van der Waals surface area contributed by atoms with Crippen molar-refractivity contribution >= 4 is 10.1 Å². The number of methoxy groups -OCH3 is 1. The highest BCUT2D eigenvalue weighted by atomic mass is 32.2. The molecule has 0 aliphatic heterocycles. The Hall–Kier alpha value is -1.28. The number of halogens is 3. The smallest absolute Gasteiger partial charge is 0.497 e. The molecule has 0 fully saturated rings. The maximum atomic E-state index is 11.9. The average Bonchev–Trinajstić information content (AvgIpc) is 2.25. The van der Waals surface area contributed by atoms with Crippen LogP contribution < -0.4 is 4.74 Å². The third-order valence-corrected chi connectivity index (χ3v) is 2.82. The minimum Gasteiger partial charge on any atom is -0.497 e. The zero-order valence-corrected chi connectivity index (χ0v) is 9.51. The van der Waals surface area contributed by atoms with Gasteiger partial charge in [0.2, 0.25) is 0 Å². The molecule has 8 heteroatoms. The highest BCUT2D eigenvalue weighted by Gasteiger charge is 2.47. The van der Waals surface area contributed by atoms with Crippen molar-refractivity contribution in [3.63, 3.8) is 0 Å². The van der Waals surface area contributed by atoms with Gasteiger partial charge < -0.3 is 4.74 Å². The van der Waals surface area contributed by atoms with Gasteiger partial charge in [-0.2, -0.15) is 21.6 Å². The van der Waals surface area contributed by atoms with E-state index in [4.69, 9.17) is 4.74 Å². The summed E-state index contributed by atoms with van der Waals surface area (Å²) in [4.78, 5) is 0. The van der Waals surface area contributed by atoms with Gasteiger partial charge in [0.1, 0.15) is 5.75 Å². The van der Waals surface area contributed by atoms with Crippen molar-refractivity contribution in [2.75, 3.05) is 7.11 Å². The van der Waals surface area contributed by atoms with E-state index in [0.29, 0.717) is 11.3 Å². The number of hydrogen-bond acceptors (Lipinski definition) is 4. The van der Waals surface area contributed by atoms with Gasteiger partial charge in [0, 0.05) is 0 Å². The van der Waals surface area contributed by atoms with Crippen molar-refractivity contribution in [2.45, 2.75) is 12.1 Å². The molecule has 0 aromatic heterocycles. The minimum atomic E-state index is -5.54. The summed E-state index contributed by atoms with van der Waals surface area (Å²) in [5.41, 5.74) is -5.11. The Morgan fingerprint density at radius 2 is 1.71 bits per heavy atom. The van der Waals surface area contributed by atoms with Crippen LogP contribution in [0.3, 0.4) is 0 Å². The Morgan fingerprint density at radius 1 is 1.18 bits per heavy atom. The molecule has 0 heterocycles. The summed E-state index contributed by atoms with van der Waals surface area (Å²) in [6, 6.07) is 5.78. The highest BCUT2D eigenvalue weighted by Crippen LogP contribution is 2.25. The average molecular weight is 270 g/mol. The van der Waals surface area contributed by atoms with Crippen LogP contribution in [0.5, 0.6) is 5.75 Å². The number of alkyl halides is 3. The van der Waals surface area contributed by atoms with Crippen LogP contribution in [0.15, 0.2) is 24.3 Å². The molecular weight excluding hydrogens is 261 g/mol. The summed E-state index contributed by atoms with van der Waals surface area (Å²) in [5, 5.41) is 0. The van der Waals surface area contributed by atoms with E-state index in [9.17, 15) is 21.6 Å². The Kier molecular flexibility index (Phi) is 3.99. The van der Waals surface area contributed by atoms with E-state index in [-0.39, 0.29) is 0 Å².